The standard InChI is InChI=1S/C47H34N4S/c1-47(2)38-21-13-12-20-35(38)41-37(45-50-43(30-14-6-3-7-15-30)49-44(51-45)31-16-8-4-9-17-31)27-34(28-39(41)47)33-23-22-29-24-25-40-42(36(29)26-33)48-46(52-40)32-18-10-5-11-19-32/h3-26,28,37H,27H2,1-2H3. The molecule has 0 fully saturated rings. The number of nitrogens with zero attached hydrogens (tertiary/aromatic N) is 4. The molecule has 5 heteroatoms. The second kappa shape index (κ2) is 12.0. The zero-order valence-corrected chi connectivity index (χ0v) is 29.7. The van der Waals surface area contributed by atoms with E-state index in [1.165, 1.54) is 48.9 Å². The molecule has 0 N–H and O–H groups in total. The fourth-order valence-corrected chi connectivity index (χ4v) is 9.08. The van der Waals surface area contributed by atoms with Crippen LogP contribution in [-0.2, 0) is 5.41 Å². The molecule has 2 aromatic heterocycles. The maximum Gasteiger partial charge on any atom is 0.163 e. The molecule has 1 unspecified atom stereocenters. The van der Waals surface area contributed by atoms with Crippen LogP contribution in [0, 0.1) is 0 Å². The van der Waals surface area contributed by atoms with Crippen molar-refractivity contribution < 1.29 is 0 Å². The SMILES string of the molecule is CC1(C)C2=C(c3ccccc31)C(c1nc(-c3ccccc3)nc(-c3ccccc3)n1)CC(c1ccc3ccc4sc(-c5ccccc5)nc4c3c1)=C2. The van der Waals surface area contributed by atoms with Crippen molar-refractivity contribution in [2.75, 3.05) is 0 Å². The Morgan fingerprint density at radius 2 is 1.21 bits per heavy atom. The Bertz CT molecular complexity index is 2670. The maximum absolute atomic E-state index is 5.29. The lowest BCUT2D eigenvalue weighted by molar-refractivity contribution is 0.648. The molecule has 0 aliphatic heterocycles. The molecule has 10 rings (SSSR count). The molecular formula is C47H34N4S. The van der Waals surface area contributed by atoms with Gasteiger partial charge in [-0.2, -0.15) is 0 Å². The smallest absolute Gasteiger partial charge is 0.163 e. The van der Waals surface area contributed by atoms with Crippen LogP contribution in [-0.4, -0.2) is 19.9 Å². The Morgan fingerprint density at radius 3 is 1.90 bits per heavy atom. The average Bonchev–Trinajstić information content (AvgIpc) is 3.75. The van der Waals surface area contributed by atoms with E-state index in [0.29, 0.717) is 11.6 Å². The summed E-state index contributed by atoms with van der Waals surface area (Å²) in [5.41, 5.74) is 11.8. The van der Waals surface area contributed by atoms with Gasteiger partial charge in [0.2, 0.25) is 0 Å². The molecule has 0 radical (unpaired) electrons. The summed E-state index contributed by atoms with van der Waals surface area (Å²) in [6, 6.07) is 51.2. The molecule has 0 saturated carbocycles. The first-order chi connectivity index (χ1) is 25.5. The van der Waals surface area contributed by atoms with Crippen molar-refractivity contribution in [1.29, 1.82) is 0 Å². The zero-order chi connectivity index (χ0) is 34.8. The third-order valence-corrected chi connectivity index (χ3v) is 11.8. The highest BCUT2D eigenvalue weighted by Crippen LogP contribution is 2.56. The van der Waals surface area contributed by atoms with Gasteiger partial charge in [-0.05, 0) is 57.3 Å². The fraction of sp³-hybridized carbons (Fsp3) is 0.106. The van der Waals surface area contributed by atoms with Gasteiger partial charge in [0, 0.05) is 33.4 Å². The molecule has 248 valence electrons. The van der Waals surface area contributed by atoms with Gasteiger partial charge in [0.25, 0.3) is 0 Å². The zero-order valence-electron chi connectivity index (χ0n) is 28.9. The van der Waals surface area contributed by atoms with Gasteiger partial charge in [-0.1, -0.05) is 153 Å². The van der Waals surface area contributed by atoms with Crippen molar-refractivity contribution >= 4 is 43.5 Å². The lowest BCUT2D eigenvalue weighted by atomic mass is 9.75. The van der Waals surface area contributed by atoms with Crippen LogP contribution in [0.25, 0.3) is 65.5 Å². The van der Waals surface area contributed by atoms with E-state index in [-0.39, 0.29) is 11.3 Å². The van der Waals surface area contributed by atoms with Gasteiger partial charge in [-0.3, -0.25) is 0 Å². The van der Waals surface area contributed by atoms with Crippen molar-refractivity contribution in [3.8, 4) is 33.3 Å². The molecule has 0 saturated heterocycles. The van der Waals surface area contributed by atoms with Crippen LogP contribution in [0.1, 0.15) is 48.7 Å². The highest BCUT2D eigenvalue weighted by atomic mass is 32.1. The minimum atomic E-state index is -0.184. The van der Waals surface area contributed by atoms with Crippen molar-refractivity contribution in [2.24, 2.45) is 0 Å². The molecule has 2 aliphatic rings. The van der Waals surface area contributed by atoms with Gasteiger partial charge in [0.1, 0.15) is 10.8 Å². The minimum Gasteiger partial charge on any atom is -0.235 e. The summed E-state index contributed by atoms with van der Waals surface area (Å²) < 4.78 is 1.20. The maximum atomic E-state index is 5.29. The van der Waals surface area contributed by atoms with Crippen molar-refractivity contribution in [2.45, 2.75) is 31.6 Å². The van der Waals surface area contributed by atoms with E-state index < -0.39 is 0 Å². The van der Waals surface area contributed by atoms with E-state index in [2.05, 4.69) is 129 Å². The monoisotopic (exact) mass is 686 g/mol. The number of benzene rings is 6. The van der Waals surface area contributed by atoms with E-state index >= 15 is 0 Å². The van der Waals surface area contributed by atoms with Crippen molar-refractivity contribution in [3.63, 3.8) is 0 Å². The number of aromatic nitrogens is 4. The van der Waals surface area contributed by atoms with Crippen LogP contribution in [0.3, 0.4) is 0 Å². The summed E-state index contributed by atoms with van der Waals surface area (Å²) in [5, 5.41) is 3.42. The summed E-state index contributed by atoms with van der Waals surface area (Å²) in [7, 11) is 0. The molecular weight excluding hydrogens is 653 g/mol. The van der Waals surface area contributed by atoms with Crippen molar-refractivity contribution in [3.05, 3.63) is 180 Å². The van der Waals surface area contributed by atoms with Crippen LogP contribution in [0.4, 0.5) is 0 Å². The first-order valence-electron chi connectivity index (χ1n) is 17.8. The first kappa shape index (κ1) is 30.8. The molecule has 0 bridgehead atoms. The summed E-state index contributed by atoms with van der Waals surface area (Å²) in [6.45, 7) is 4.71. The van der Waals surface area contributed by atoms with Gasteiger partial charge in [0.15, 0.2) is 11.6 Å². The second-order valence-corrected chi connectivity index (χ2v) is 15.3. The van der Waals surface area contributed by atoms with Crippen LogP contribution >= 0.6 is 11.3 Å². The van der Waals surface area contributed by atoms with Gasteiger partial charge in [0.05, 0.1) is 10.2 Å². The van der Waals surface area contributed by atoms with Gasteiger partial charge >= 0.3 is 0 Å². The van der Waals surface area contributed by atoms with Gasteiger partial charge in [-0.15, -0.1) is 11.3 Å². The number of thiazole rings is 1. The molecule has 0 spiro atoms. The Kier molecular flexibility index (Phi) is 7.12. The third-order valence-electron chi connectivity index (χ3n) is 10.7. The Hall–Kier alpha value is -6.04. The van der Waals surface area contributed by atoms with Gasteiger partial charge < -0.3 is 0 Å². The largest absolute Gasteiger partial charge is 0.235 e. The molecule has 6 aromatic carbocycles. The predicted octanol–water partition coefficient (Wildman–Crippen LogP) is 12.0. The lowest BCUT2D eigenvalue weighted by Gasteiger charge is -2.29. The Labute approximate surface area is 306 Å². The van der Waals surface area contributed by atoms with E-state index in [1.807, 2.05) is 36.4 Å². The number of hydrogen-bond donors (Lipinski definition) is 0. The van der Waals surface area contributed by atoms with E-state index in [0.717, 1.165) is 39.5 Å². The highest BCUT2D eigenvalue weighted by molar-refractivity contribution is 7.21. The number of fused-ring (bicyclic) bond motifs is 5. The van der Waals surface area contributed by atoms with Crippen LogP contribution in [0.5, 0.6) is 0 Å². The molecule has 1 atom stereocenters. The summed E-state index contributed by atoms with van der Waals surface area (Å²) >= 11 is 1.75. The Morgan fingerprint density at radius 1 is 0.596 bits per heavy atom. The summed E-state index contributed by atoms with van der Waals surface area (Å²) in [5.74, 6) is 2.12. The Balaban J connectivity index is 1.17. The normalized spacial score (nSPS) is 16.2. The second-order valence-electron chi connectivity index (χ2n) is 14.2. The lowest BCUT2D eigenvalue weighted by Crippen LogP contribution is -2.19. The molecule has 2 aliphatic carbocycles. The number of allylic oxidation sites excluding steroid dienone is 4. The topological polar surface area (TPSA) is 51.6 Å². The molecule has 4 nitrogen and oxygen atoms in total. The number of rotatable bonds is 5. The molecule has 52 heavy (non-hydrogen) atoms. The number of hydrogen-bond acceptors (Lipinski definition) is 5. The fourth-order valence-electron chi connectivity index (χ4n) is 8.09. The minimum absolute atomic E-state index is 0.0682. The molecule has 0 amide bonds. The van der Waals surface area contributed by atoms with E-state index in [9.17, 15) is 0 Å². The van der Waals surface area contributed by atoms with Crippen LogP contribution < -0.4 is 0 Å². The third kappa shape index (κ3) is 5.03. The van der Waals surface area contributed by atoms with E-state index in [4.69, 9.17) is 19.9 Å². The van der Waals surface area contributed by atoms with Gasteiger partial charge in [-0.25, -0.2) is 19.9 Å². The average molecular weight is 687 g/mol. The van der Waals surface area contributed by atoms with E-state index in [1.54, 1.807) is 11.3 Å². The first-order valence-corrected chi connectivity index (χ1v) is 18.6. The molecule has 2 heterocycles. The summed E-state index contributed by atoms with van der Waals surface area (Å²) in [4.78, 5) is 20.8. The van der Waals surface area contributed by atoms with Crippen LogP contribution in [0.15, 0.2) is 157 Å². The quantitative estimate of drug-likeness (QED) is 0.181. The molecule has 8 aromatic rings. The van der Waals surface area contributed by atoms with Crippen LogP contribution in [0.2, 0.25) is 0 Å². The predicted molar refractivity (Wildman–Crippen MR) is 215 cm³/mol. The highest BCUT2D eigenvalue weighted by Gasteiger charge is 2.43. The van der Waals surface area contributed by atoms with Crippen molar-refractivity contribution in [1.82, 2.24) is 19.9 Å². The summed E-state index contributed by atoms with van der Waals surface area (Å²) in [6.07, 6.45) is 3.23.